The van der Waals surface area contributed by atoms with E-state index in [-0.39, 0.29) is 5.91 Å². The van der Waals surface area contributed by atoms with Gasteiger partial charge in [0, 0.05) is 12.4 Å². The lowest BCUT2D eigenvalue weighted by atomic mass is 10.2. The molecule has 0 bridgehead atoms. The lowest BCUT2D eigenvalue weighted by molar-refractivity contribution is 0.0953. The topological polar surface area (TPSA) is 67.8 Å². The van der Waals surface area contributed by atoms with E-state index in [2.05, 4.69) is 20.3 Å². The number of amides is 1. The first-order valence-electron chi connectivity index (χ1n) is 6.27. The Labute approximate surface area is 129 Å². The van der Waals surface area contributed by atoms with Gasteiger partial charge in [0.15, 0.2) is 0 Å². The largest absolute Gasteiger partial charge is 0.346 e. The first-order valence-corrected chi connectivity index (χ1v) is 8.03. The fourth-order valence-corrected chi connectivity index (χ4v) is 3.34. The zero-order chi connectivity index (χ0) is 14.7. The van der Waals surface area contributed by atoms with Gasteiger partial charge >= 0.3 is 0 Å². The third-order valence-corrected chi connectivity index (χ3v) is 4.70. The number of nitrogens with zero attached hydrogens (tertiary/aromatic N) is 3. The summed E-state index contributed by atoms with van der Waals surface area (Å²) < 4.78 is 0. The van der Waals surface area contributed by atoms with Crippen LogP contribution in [0.5, 0.6) is 0 Å². The van der Waals surface area contributed by atoms with Crippen LogP contribution < -0.4 is 5.32 Å². The number of thiophene rings is 1. The van der Waals surface area contributed by atoms with Crippen LogP contribution in [0, 0.1) is 6.92 Å². The second-order valence-corrected chi connectivity index (χ2v) is 6.08. The number of carbonyl (C=O) groups excluding carboxylic acids is 1. The summed E-state index contributed by atoms with van der Waals surface area (Å²) in [4.78, 5) is 26.6. The van der Waals surface area contributed by atoms with Crippen LogP contribution in [0.25, 0.3) is 10.6 Å². The molecule has 7 heteroatoms. The molecule has 21 heavy (non-hydrogen) atoms. The van der Waals surface area contributed by atoms with Gasteiger partial charge in [0.1, 0.15) is 10.6 Å². The maximum Gasteiger partial charge on any atom is 0.263 e. The van der Waals surface area contributed by atoms with Gasteiger partial charge in [0.25, 0.3) is 5.91 Å². The van der Waals surface area contributed by atoms with E-state index in [1.54, 1.807) is 29.2 Å². The van der Waals surface area contributed by atoms with Gasteiger partial charge in [-0.15, -0.1) is 22.7 Å². The van der Waals surface area contributed by atoms with Crippen LogP contribution in [0.2, 0.25) is 0 Å². The molecule has 5 nitrogen and oxygen atoms in total. The maximum absolute atomic E-state index is 12.1. The van der Waals surface area contributed by atoms with Crippen LogP contribution in [0.3, 0.4) is 0 Å². The Morgan fingerprint density at radius 2 is 2.10 bits per heavy atom. The van der Waals surface area contributed by atoms with Gasteiger partial charge in [0.2, 0.25) is 0 Å². The van der Waals surface area contributed by atoms with E-state index in [9.17, 15) is 4.79 Å². The Balaban J connectivity index is 1.77. The highest BCUT2D eigenvalue weighted by Crippen LogP contribution is 2.24. The highest BCUT2D eigenvalue weighted by atomic mass is 32.1. The summed E-state index contributed by atoms with van der Waals surface area (Å²) in [5, 5.41) is 4.87. The zero-order valence-electron chi connectivity index (χ0n) is 11.2. The Bertz CT molecular complexity index is 752. The first kappa shape index (κ1) is 13.8. The molecule has 0 unspecified atom stereocenters. The number of carbonyl (C=O) groups is 1. The molecule has 0 atom stereocenters. The van der Waals surface area contributed by atoms with Crippen LogP contribution in [0.4, 0.5) is 0 Å². The van der Waals surface area contributed by atoms with E-state index in [4.69, 9.17) is 0 Å². The predicted octanol–water partition coefficient (Wildman–Crippen LogP) is 2.90. The van der Waals surface area contributed by atoms with Gasteiger partial charge < -0.3 is 5.32 Å². The van der Waals surface area contributed by atoms with Crippen LogP contribution in [-0.2, 0) is 6.54 Å². The van der Waals surface area contributed by atoms with Crippen LogP contribution in [0.1, 0.15) is 21.1 Å². The van der Waals surface area contributed by atoms with Crippen molar-refractivity contribution in [1.82, 2.24) is 20.3 Å². The molecule has 1 N–H and O–H groups in total. The molecule has 0 radical (unpaired) electrons. The van der Waals surface area contributed by atoms with E-state index in [1.165, 1.54) is 11.3 Å². The highest BCUT2D eigenvalue weighted by molar-refractivity contribution is 7.13. The summed E-state index contributed by atoms with van der Waals surface area (Å²) in [7, 11) is 0. The zero-order valence-corrected chi connectivity index (χ0v) is 12.9. The highest BCUT2D eigenvalue weighted by Gasteiger charge is 2.14. The lowest BCUT2D eigenvalue weighted by Gasteiger charge is -2.07. The fourth-order valence-electron chi connectivity index (χ4n) is 1.88. The molecular weight excluding hydrogens is 304 g/mol. The Hall–Kier alpha value is -2.12. The van der Waals surface area contributed by atoms with Crippen LogP contribution in [-0.4, -0.2) is 20.9 Å². The third kappa shape index (κ3) is 2.98. The lowest BCUT2D eigenvalue weighted by Crippen LogP contribution is -2.23. The molecule has 0 saturated heterocycles. The average molecular weight is 316 g/mol. The minimum Gasteiger partial charge on any atom is -0.346 e. The van der Waals surface area contributed by atoms with E-state index >= 15 is 0 Å². The third-order valence-electron chi connectivity index (χ3n) is 2.90. The van der Waals surface area contributed by atoms with Gasteiger partial charge in [-0.3, -0.25) is 14.8 Å². The Morgan fingerprint density at radius 3 is 2.81 bits per heavy atom. The summed E-state index contributed by atoms with van der Waals surface area (Å²) in [6, 6.07) is 3.96. The molecule has 0 fully saturated rings. The number of hydrogen-bond acceptors (Lipinski definition) is 6. The van der Waals surface area contributed by atoms with E-state index < -0.39 is 0 Å². The first-order chi connectivity index (χ1) is 10.3. The van der Waals surface area contributed by atoms with Crippen LogP contribution >= 0.6 is 22.7 Å². The van der Waals surface area contributed by atoms with Crippen LogP contribution in [0.15, 0.2) is 35.4 Å². The van der Waals surface area contributed by atoms with Crippen molar-refractivity contribution in [2.45, 2.75) is 13.5 Å². The maximum atomic E-state index is 12.1. The molecule has 3 aromatic heterocycles. The quantitative estimate of drug-likeness (QED) is 0.803. The second kappa shape index (κ2) is 6.11. The van der Waals surface area contributed by atoms with Crippen molar-refractivity contribution in [2.24, 2.45) is 0 Å². The molecule has 0 aliphatic rings. The molecule has 0 aromatic carbocycles. The molecule has 1 amide bonds. The van der Waals surface area contributed by atoms with Gasteiger partial charge in [-0.1, -0.05) is 6.07 Å². The normalized spacial score (nSPS) is 10.5. The van der Waals surface area contributed by atoms with Crippen molar-refractivity contribution in [3.8, 4) is 10.6 Å². The van der Waals surface area contributed by atoms with Gasteiger partial charge in [-0.25, -0.2) is 4.98 Å². The SMILES string of the molecule is Cc1ncsc1C(=O)NCc1nccnc1-c1cccs1. The standard InChI is InChI=1S/C14H12N4OS2/c1-9-13(21-8-18-9)14(19)17-7-10-12(16-5-4-15-10)11-3-2-6-20-11/h2-6,8H,7H2,1H3,(H,17,19). The smallest absolute Gasteiger partial charge is 0.263 e. The van der Waals surface area contributed by atoms with Crippen molar-refractivity contribution < 1.29 is 4.79 Å². The van der Waals surface area contributed by atoms with Crippen molar-refractivity contribution in [1.29, 1.82) is 0 Å². The molecule has 3 rings (SSSR count). The predicted molar refractivity (Wildman–Crippen MR) is 83.4 cm³/mol. The number of thiazole rings is 1. The number of nitrogens with one attached hydrogen (secondary N) is 1. The van der Waals surface area contributed by atoms with Gasteiger partial charge in [-0.2, -0.15) is 0 Å². The molecule has 3 aromatic rings. The van der Waals surface area contributed by atoms with E-state index in [0.29, 0.717) is 11.4 Å². The van der Waals surface area contributed by atoms with E-state index in [1.807, 2.05) is 24.4 Å². The molecule has 0 spiro atoms. The minimum atomic E-state index is -0.127. The Kier molecular flexibility index (Phi) is 4.03. The molecule has 0 aliphatic heterocycles. The molecular formula is C14H12N4OS2. The monoisotopic (exact) mass is 316 g/mol. The van der Waals surface area contributed by atoms with Gasteiger partial charge in [-0.05, 0) is 18.4 Å². The Morgan fingerprint density at radius 1 is 1.24 bits per heavy atom. The minimum absolute atomic E-state index is 0.127. The van der Waals surface area contributed by atoms with Crippen molar-refractivity contribution in [3.05, 3.63) is 51.7 Å². The summed E-state index contributed by atoms with van der Waals surface area (Å²) in [6.45, 7) is 2.17. The average Bonchev–Trinajstić information content (AvgIpc) is 3.16. The fraction of sp³-hybridized carbons (Fsp3) is 0.143. The number of hydrogen-bond donors (Lipinski definition) is 1. The van der Waals surface area contributed by atoms with Crippen molar-refractivity contribution in [3.63, 3.8) is 0 Å². The second-order valence-electron chi connectivity index (χ2n) is 4.28. The van der Waals surface area contributed by atoms with Gasteiger partial charge in [0.05, 0.1) is 28.3 Å². The summed E-state index contributed by atoms with van der Waals surface area (Å²) in [5.41, 5.74) is 3.99. The van der Waals surface area contributed by atoms with Crippen molar-refractivity contribution >= 4 is 28.6 Å². The number of aromatic nitrogens is 3. The summed E-state index contributed by atoms with van der Waals surface area (Å²) >= 11 is 2.94. The molecule has 106 valence electrons. The molecule has 0 aliphatic carbocycles. The van der Waals surface area contributed by atoms with Crippen molar-refractivity contribution in [2.75, 3.05) is 0 Å². The number of aryl methyl sites for hydroxylation is 1. The molecule has 3 heterocycles. The number of rotatable bonds is 4. The molecule has 0 saturated carbocycles. The van der Waals surface area contributed by atoms with E-state index in [0.717, 1.165) is 22.0 Å². The summed E-state index contributed by atoms with van der Waals surface area (Å²) in [5.74, 6) is -0.127. The summed E-state index contributed by atoms with van der Waals surface area (Å²) in [6.07, 6.45) is 3.30.